The summed E-state index contributed by atoms with van der Waals surface area (Å²) in [5.41, 5.74) is -0.632. The van der Waals surface area contributed by atoms with E-state index in [1.807, 2.05) is 0 Å². The highest BCUT2D eigenvalue weighted by Crippen LogP contribution is 2.25. The molecule has 24 heavy (non-hydrogen) atoms. The maximum atomic E-state index is 12.3. The van der Waals surface area contributed by atoms with Crippen LogP contribution in [0.3, 0.4) is 0 Å². The Morgan fingerprint density at radius 2 is 1.92 bits per heavy atom. The zero-order chi connectivity index (χ0) is 18.1. The van der Waals surface area contributed by atoms with Crippen LogP contribution >= 0.6 is 0 Å². The van der Waals surface area contributed by atoms with E-state index in [4.69, 9.17) is 10.2 Å². The number of aliphatic carboxylic acids is 1. The Kier molecular flexibility index (Phi) is 4.71. The summed E-state index contributed by atoms with van der Waals surface area (Å²) in [4.78, 5) is 32.2. The van der Waals surface area contributed by atoms with Crippen molar-refractivity contribution in [2.45, 2.75) is 23.4 Å². The third-order valence-electron chi connectivity index (χ3n) is 3.51. The average molecular weight is 359 g/mol. The molecule has 1 fully saturated rings. The van der Waals surface area contributed by atoms with E-state index in [0.29, 0.717) is 4.90 Å². The van der Waals surface area contributed by atoms with E-state index in [-0.39, 0.29) is 13.0 Å². The number of benzene rings is 1. The van der Waals surface area contributed by atoms with Crippen LogP contribution in [0.15, 0.2) is 29.2 Å². The molecule has 0 aromatic heterocycles. The monoisotopic (exact) mass is 359 g/mol. The summed E-state index contributed by atoms with van der Waals surface area (Å²) in [5, 5.41) is 28.9. The lowest BCUT2D eigenvalue weighted by Crippen LogP contribution is -2.40. The summed E-state index contributed by atoms with van der Waals surface area (Å²) in [7, 11) is -4.32. The number of hydrogen-bond acceptors (Lipinski definition) is 6. The zero-order valence-electron chi connectivity index (χ0n) is 12.0. The molecule has 11 nitrogen and oxygen atoms in total. The fourth-order valence-electron chi connectivity index (χ4n) is 2.49. The van der Waals surface area contributed by atoms with Crippen molar-refractivity contribution >= 4 is 27.8 Å². The van der Waals surface area contributed by atoms with Gasteiger partial charge in [0.2, 0.25) is 10.0 Å². The first-order chi connectivity index (χ1) is 11.1. The summed E-state index contributed by atoms with van der Waals surface area (Å²) in [6.45, 7) is -0.369. The molecule has 0 bridgehead atoms. The predicted octanol–water partition coefficient (Wildman–Crippen LogP) is 0.0786. The van der Waals surface area contributed by atoms with Gasteiger partial charge in [-0.05, 0) is 12.5 Å². The van der Waals surface area contributed by atoms with E-state index in [9.17, 15) is 28.1 Å². The van der Waals surface area contributed by atoms with Crippen LogP contribution < -0.4 is 4.72 Å². The SMILES string of the molecule is O=C(O)[C@@H]1C[C@@H](NS(=O)(=O)c2ccccc2[N+](=O)[O-])CN1C(=O)O. The van der Waals surface area contributed by atoms with Crippen LogP contribution in [0.25, 0.3) is 0 Å². The van der Waals surface area contributed by atoms with Crippen LogP contribution in [0.1, 0.15) is 6.42 Å². The lowest BCUT2D eigenvalue weighted by Gasteiger charge is -2.16. The van der Waals surface area contributed by atoms with Crippen molar-refractivity contribution < 1.29 is 33.1 Å². The molecule has 0 aliphatic carbocycles. The van der Waals surface area contributed by atoms with Gasteiger partial charge >= 0.3 is 12.1 Å². The highest BCUT2D eigenvalue weighted by atomic mass is 32.2. The summed E-state index contributed by atoms with van der Waals surface area (Å²) in [6.07, 6.45) is -1.77. The van der Waals surface area contributed by atoms with Crippen molar-refractivity contribution in [1.29, 1.82) is 0 Å². The van der Waals surface area contributed by atoms with Crippen molar-refractivity contribution in [1.82, 2.24) is 9.62 Å². The van der Waals surface area contributed by atoms with E-state index in [1.165, 1.54) is 12.1 Å². The van der Waals surface area contributed by atoms with E-state index in [0.717, 1.165) is 12.1 Å². The minimum atomic E-state index is -4.32. The quantitative estimate of drug-likeness (QED) is 0.490. The normalized spacial score (nSPS) is 20.8. The van der Waals surface area contributed by atoms with Gasteiger partial charge in [-0.1, -0.05) is 12.1 Å². The second-order valence-electron chi connectivity index (χ2n) is 5.07. The molecule has 1 aliphatic heterocycles. The first-order valence-electron chi connectivity index (χ1n) is 6.61. The smallest absolute Gasteiger partial charge is 0.408 e. The number of amides is 1. The molecule has 1 amide bonds. The summed E-state index contributed by atoms with van der Waals surface area (Å²) >= 11 is 0. The molecule has 1 aromatic carbocycles. The molecule has 1 aliphatic rings. The van der Waals surface area contributed by atoms with Gasteiger partial charge in [0.1, 0.15) is 6.04 Å². The number of carbonyl (C=O) groups is 2. The Bertz CT molecular complexity index is 771. The molecule has 1 heterocycles. The standard InChI is InChI=1S/C12H13N3O8S/c16-11(17)9-5-7(6-14(9)12(18)19)13-24(22,23)10-4-2-1-3-8(10)15(20)21/h1-4,7,9,13H,5-6H2,(H,16,17)(H,18,19)/t7-,9+/m1/s1. The number of hydrogen-bond donors (Lipinski definition) is 3. The molecular weight excluding hydrogens is 346 g/mol. The maximum Gasteiger partial charge on any atom is 0.408 e. The molecule has 1 saturated heterocycles. The molecule has 0 radical (unpaired) electrons. The molecule has 2 atom stereocenters. The number of carboxylic acids is 1. The van der Waals surface area contributed by atoms with Gasteiger partial charge in [0.25, 0.3) is 5.69 Å². The van der Waals surface area contributed by atoms with Gasteiger partial charge in [0.15, 0.2) is 4.90 Å². The van der Waals surface area contributed by atoms with E-state index >= 15 is 0 Å². The highest BCUT2D eigenvalue weighted by molar-refractivity contribution is 7.89. The molecule has 2 rings (SSSR count). The van der Waals surface area contributed by atoms with Crippen LogP contribution in [0.5, 0.6) is 0 Å². The second kappa shape index (κ2) is 6.41. The van der Waals surface area contributed by atoms with Crippen LogP contribution in [-0.2, 0) is 14.8 Å². The summed E-state index contributed by atoms with van der Waals surface area (Å²) < 4.78 is 26.8. The number of nitro benzene ring substituents is 1. The van der Waals surface area contributed by atoms with Gasteiger partial charge in [-0.25, -0.2) is 22.7 Å². The van der Waals surface area contributed by atoms with Crippen LogP contribution in [0.2, 0.25) is 0 Å². The van der Waals surface area contributed by atoms with Gasteiger partial charge in [-0.3, -0.25) is 15.0 Å². The Labute approximate surface area is 135 Å². The topological polar surface area (TPSA) is 167 Å². The van der Waals surface area contributed by atoms with Crippen LogP contribution in [-0.4, -0.2) is 59.1 Å². The van der Waals surface area contributed by atoms with Gasteiger partial charge in [0.05, 0.1) is 4.92 Å². The van der Waals surface area contributed by atoms with Crippen molar-refractivity contribution in [2.75, 3.05) is 6.54 Å². The fourth-order valence-corrected chi connectivity index (χ4v) is 3.90. The molecular formula is C12H13N3O8S. The molecule has 130 valence electrons. The summed E-state index contributed by atoms with van der Waals surface area (Å²) in [6, 6.07) is 2.28. The maximum absolute atomic E-state index is 12.3. The molecule has 3 N–H and O–H groups in total. The van der Waals surface area contributed by atoms with Crippen molar-refractivity contribution in [3.8, 4) is 0 Å². The Morgan fingerprint density at radius 1 is 1.29 bits per heavy atom. The van der Waals surface area contributed by atoms with Gasteiger partial charge in [-0.15, -0.1) is 0 Å². The molecule has 0 spiro atoms. The predicted molar refractivity (Wildman–Crippen MR) is 78.0 cm³/mol. The molecule has 0 saturated carbocycles. The third kappa shape index (κ3) is 3.44. The number of nitro groups is 1. The minimum Gasteiger partial charge on any atom is -0.480 e. The molecule has 1 aromatic rings. The number of likely N-dealkylation sites (tertiary alicyclic amines) is 1. The van der Waals surface area contributed by atoms with Gasteiger partial charge in [-0.2, -0.15) is 0 Å². The number of para-hydroxylation sites is 1. The van der Waals surface area contributed by atoms with Crippen LogP contribution in [0, 0.1) is 10.1 Å². The third-order valence-corrected chi connectivity index (χ3v) is 5.07. The van der Waals surface area contributed by atoms with E-state index < -0.39 is 49.7 Å². The fraction of sp³-hybridized carbons (Fsp3) is 0.333. The van der Waals surface area contributed by atoms with Gasteiger partial charge in [0, 0.05) is 18.7 Å². The number of nitrogens with zero attached hydrogens (tertiary/aromatic N) is 2. The molecule has 12 heteroatoms. The number of rotatable bonds is 5. The number of sulfonamides is 1. The van der Waals surface area contributed by atoms with Crippen molar-refractivity contribution in [3.05, 3.63) is 34.4 Å². The van der Waals surface area contributed by atoms with E-state index in [2.05, 4.69) is 4.72 Å². The largest absolute Gasteiger partial charge is 0.480 e. The first kappa shape index (κ1) is 17.6. The van der Waals surface area contributed by atoms with E-state index in [1.54, 1.807) is 0 Å². The molecule has 0 unspecified atom stereocenters. The minimum absolute atomic E-state index is 0.276. The average Bonchev–Trinajstić information content (AvgIpc) is 2.91. The first-order valence-corrected chi connectivity index (χ1v) is 8.10. The Hall–Kier alpha value is -2.73. The van der Waals surface area contributed by atoms with Crippen molar-refractivity contribution in [2.24, 2.45) is 0 Å². The zero-order valence-corrected chi connectivity index (χ0v) is 12.8. The Morgan fingerprint density at radius 3 is 2.42 bits per heavy atom. The number of nitrogens with one attached hydrogen (secondary N) is 1. The Balaban J connectivity index is 2.27. The number of carboxylic acid groups (broad SMARTS) is 2. The highest BCUT2D eigenvalue weighted by Gasteiger charge is 2.42. The lowest BCUT2D eigenvalue weighted by molar-refractivity contribution is -0.387. The van der Waals surface area contributed by atoms with Gasteiger partial charge < -0.3 is 10.2 Å². The summed E-state index contributed by atoms with van der Waals surface area (Å²) in [5.74, 6) is -1.40. The second-order valence-corrected chi connectivity index (χ2v) is 6.75. The van der Waals surface area contributed by atoms with Crippen molar-refractivity contribution in [3.63, 3.8) is 0 Å². The lowest BCUT2D eigenvalue weighted by atomic mass is 10.2. The van der Waals surface area contributed by atoms with Crippen LogP contribution in [0.4, 0.5) is 10.5 Å².